The maximum Gasteiger partial charge on any atom is 0.0697 e. The Morgan fingerprint density at radius 2 is 1.88 bits per heavy atom. The van der Waals surface area contributed by atoms with Gasteiger partial charge in [-0.1, -0.05) is 58.6 Å². The number of hydrogen-bond donors (Lipinski definition) is 0. The van der Waals surface area contributed by atoms with Gasteiger partial charge < -0.3 is 0 Å². The molecule has 0 nitrogen and oxygen atoms in total. The molecule has 0 amide bonds. The Morgan fingerprint density at radius 3 is 2.19 bits per heavy atom. The normalized spacial score (nSPS) is 17.5. The second kappa shape index (κ2) is 6.30. The third-order valence-electron chi connectivity index (χ3n) is 2.58. The Balaban J connectivity index is 5.12. The van der Waals surface area contributed by atoms with E-state index in [0.717, 1.165) is 18.4 Å². The summed E-state index contributed by atoms with van der Waals surface area (Å²) < 4.78 is 0. The van der Waals surface area contributed by atoms with Gasteiger partial charge in [-0.15, -0.1) is 11.6 Å². The maximum atomic E-state index is 6.74. The number of rotatable bonds is 5. The molecule has 0 rings (SSSR count). The highest BCUT2D eigenvalue weighted by Gasteiger charge is 2.32. The zero-order valence-electron chi connectivity index (χ0n) is 11.3. The van der Waals surface area contributed by atoms with Gasteiger partial charge in [0.25, 0.3) is 0 Å². The third kappa shape index (κ3) is 5.03. The van der Waals surface area contributed by atoms with E-state index in [2.05, 4.69) is 40.3 Å². The van der Waals surface area contributed by atoms with E-state index in [9.17, 15) is 0 Å². The van der Waals surface area contributed by atoms with Crippen molar-refractivity contribution >= 4 is 11.6 Å². The summed E-state index contributed by atoms with van der Waals surface area (Å²) in [6.07, 6.45) is 9.84. The second-order valence-corrected chi connectivity index (χ2v) is 6.13. The van der Waals surface area contributed by atoms with Gasteiger partial charge in [0, 0.05) is 0 Å². The lowest BCUT2D eigenvalue weighted by Gasteiger charge is -2.34. The quantitative estimate of drug-likeness (QED) is 0.440. The molecular formula is C15H25Cl. The SMILES string of the molecule is C=C/C(=C\C=C/C)C(Cl)(CC)CC(C)(C)C. The molecule has 0 radical (unpaired) electrons. The van der Waals surface area contributed by atoms with E-state index in [1.165, 1.54) is 0 Å². The van der Waals surface area contributed by atoms with Crippen LogP contribution in [0, 0.1) is 5.41 Å². The molecule has 1 unspecified atom stereocenters. The van der Waals surface area contributed by atoms with Crippen LogP contribution in [0.3, 0.4) is 0 Å². The highest BCUT2D eigenvalue weighted by atomic mass is 35.5. The van der Waals surface area contributed by atoms with Gasteiger partial charge in [0.2, 0.25) is 0 Å². The van der Waals surface area contributed by atoms with Crippen molar-refractivity contribution in [3.8, 4) is 0 Å². The minimum absolute atomic E-state index is 0.218. The van der Waals surface area contributed by atoms with Crippen LogP contribution in [0.4, 0.5) is 0 Å². The average molecular weight is 241 g/mol. The summed E-state index contributed by atoms with van der Waals surface area (Å²) >= 11 is 6.74. The van der Waals surface area contributed by atoms with E-state index < -0.39 is 0 Å². The van der Waals surface area contributed by atoms with Crippen LogP contribution in [0.5, 0.6) is 0 Å². The molecule has 0 spiro atoms. The molecule has 0 aromatic rings. The zero-order chi connectivity index (χ0) is 12.8. The molecule has 0 aromatic carbocycles. The number of halogens is 1. The molecule has 0 aliphatic carbocycles. The number of allylic oxidation sites excluding steroid dienone is 5. The first-order valence-electron chi connectivity index (χ1n) is 5.94. The molecular weight excluding hydrogens is 216 g/mol. The van der Waals surface area contributed by atoms with Crippen LogP contribution in [0.2, 0.25) is 0 Å². The van der Waals surface area contributed by atoms with Crippen LogP contribution < -0.4 is 0 Å². The van der Waals surface area contributed by atoms with Crippen molar-refractivity contribution in [3.63, 3.8) is 0 Å². The molecule has 0 fully saturated rings. The summed E-state index contributed by atoms with van der Waals surface area (Å²) in [5.41, 5.74) is 1.33. The lowest BCUT2D eigenvalue weighted by Crippen LogP contribution is -2.28. The van der Waals surface area contributed by atoms with E-state index in [-0.39, 0.29) is 10.3 Å². The van der Waals surface area contributed by atoms with Crippen LogP contribution in [0.1, 0.15) is 47.5 Å². The summed E-state index contributed by atoms with van der Waals surface area (Å²) in [5.74, 6) is 0. The first-order valence-corrected chi connectivity index (χ1v) is 6.31. The van der Waals surface area contributed by atoms with Crippen molar-refractivity contribution in [2.24, 2.45) is 5.41 Å². The van der Waals surface area contributed by atoms with Gasteiger partial charge in [-0.2, -0.15) is 0 Å². The summed E-state index contributed by atoms with van der Waals surface area (Å²) in [4.78, 5) is -0.292. The Labute approximate surface area is 106 Å². The molecule has 0 aliphatic rings. The Kier molecular flexibility index (Phi) is 6.10. The molecule has 0 saturated heterocycles. The van der Waals surface area contributed by atoms with E-state index in [4.69, 9.17) is 11.6 Å². The highest BCUT2D eigenvalue weighted by molar-refractivity contribution is 6.26. The summed E-state index contributed by atoms with van der Waals surface area (Å²) in [5, 5.41) is 0. The first kappa shape index (κ1) is 15.5. The van der Waals surface area contributed by atoms with Crippen LogP contribution in [0.25, 0.3) is 0 Å². The van der Waals surface area contributed by atoms with E-state index in [0.29, 0.717) is 0 Å². The molecule has 0 aliphatic heterocycles. The Hall–Kier alpha value is -0.490. The average Bonchev–Trinajstić information content (AvgIpc) is 2.16. The molecule has 0 bridgehead atoms. The van der Waals surface area contributed by atoms with E-state index in [1.54, 1.807) is 0 Å². The van der Waals surface area contributed by atoms with Crippen molar-refractivity contribution in [1.29, 1.82) is 0 Å². The van der Waals surface area contributed by atoms with E-state index in [1.807, 2.05) is 25.2 Å². The molecule has 92 valence electrons. The van der Waals surface area contributed by atoms with Crippen molar-refractivity contribution in [2.75, 3.05) is 0 Å². The topological polar surface area (TPSA) is 0 Å². The Bertz CT molecular complexity index is 278. The van der Waals surface area contributed by atoms with E-state index >= 15 is 0 Å². The number of alkyl halides is 1. The number of hydrogen-bond acceptors (Lipinski definition) is 0. The molecule has 1 atom stereocenters. The highest BCUT2D eigenvalue weighted by Crippen LogP contribution is 2.40. The lowest BCUT2D eigenvalue weighted by molar-refractivity contribution is 0.331. The molecule has 16 heavy (non-hydrogen) atoms. The van der Waals surface area contributed by atoms with Gasteiger partial charge in [0.1, 0.15) is 0 Å². The first-order chi connectivity index (χ1) is 7.29. The molecule has 0 N–H and O–H groups in total. The van der Waals surface area contributed by atoms with Crippen molar-refractivity contribution in [3.05, 3.63) is 36.5 Å². The summed E-state index contributed by atoms with van der Waals surface area (Å²) in [6, 6.07) is 0. The maximum absolute atomic E-state index is 6.74. The van der Waals surface area contributed by atoms with Crippen LogP contribution in [-0.2, 0) is 0 Å². The second-order valence-electron chi connectivity index (χ2n) is 5.41. The van der Waals surface area contributed by atoms with Gasteiger partial charge in [0.05, 0.1) is 4.87 Å². The molecule has 0 heterocycles. The van der Waals surface area contributed by atoms with Crippen LogP contribution in [0.15, 0.2) is 36.5 Å². The van der Waals surface area contributed by atoms with Crippen molar-refractivity contribution < 1.29 is 0 Å². The molecule has 0 aromatic heterocycles. The predicted molar refractivity (Wildman–Crippen MR) is 76.0 cm³/mol. The lowest BCUT2D eigenvalue weighted by atomic mass is 9.79. The molecule has 1 heteroatoms. The predicted octanol–water partition coefficient (Wildman–Crippen LogP) is 5.50. The van der Waals surface area contributed by atoms with Gasteiger partial charge in [-0.3, -0.25) is 0 Å². The van der Waals surface area contributed by atoms with Crippen molar-refractivity contribution in [2.45, 2.75) is 52.3 Å². The third-order valence-corrected chi connectivity index (χ3v) is 3.20. The van der Waals surface area contributed by atoms with Gasteiger partial charge in [0.15, 0.2) is 0 Å². The van der Waals surface area contributed by atoms with Crippen LogP contribution >= 0.6 is 11.6 Å². The van der Waals surface area contributed by atoms with Crippen LogP contribution in [-0.4, -0.2) is 4.87 Å². The fraction of sp³-hybridized carbons (Fsp3) is 0.600. The summed E-state index contributed by atoms with van der Waals surface area (Å²) in [7, 11) is 0. The Morgan fingerprint density at radius 1 is 1.31 bits per heavy atom. The minimum atomic E-state index is -0.292. The largest absolute Gasteiger partial charge is 0.114 e. The minimum Gasteiger partial charge on any atom is -0.114 e. The molecule has 0 saturated carbocycles. The summed E-state index contributed by atoms with van der Waals surface area (Å²) in [6.45, 7) is 14.7. The van der Waals surface area contributed by atoms with Crippen molar-refractivity contribution in [1.82, 2.24) is 0 Å². The smallest absolute Gasteiger partial charge is 0.0697 e. The standard InChI is InChI=1S/C15H25Cl/c1-7-10-11-13(8-2)15(16,9-3)12-14(4,5)6/h7-8,10-11H,2,9,12H2,1,3-6H3/b10-7-,13-11+. The fourth-order valence-corrected chi connectivity index (χ4v) is 2.41. The monoisotopic (exact) mass is 240 g/mol. The fourth-order valence-electron chi connectivity index (χ4n) is 1.87. The van der Waals surface area contributed by atoms with Gasteiger partial charge in [-0.25, -0.2) is 0 Å². The van der Waals surface area contributed by atoms with Gasteiger partial charge in [-0.05, 0) is 30.8 Å². The zero-order valence-corrected chi connectivity index (χ0v) is 12.1. The van der Waals surface area contributed by atoms with Gasteiger partial charge >= 0.3 is 0 Å².